The van der Waals surface area contributed by atoms with E-state index in [2.05, 4.69) is 0 Å². The summed E-state index contributed by atoms with van der Waals surface area (Å²) >= 11 is 0. The molecule has 0 saturated carbocycles. The average Bonchev–Trinajstić information content (AvgIpc) is 2.28. The minimum atomic E-state index is -0.333. The van der Waals surface area contributed by atoms with Crippen LogP contribution in [0.1, 0.15) is 12.5 Å². The lowest BCUT2D eigenvalue weighted by atomic mass is 10.1. The number of rotatable bonds is 5. The Bertz CT molecular complexity index is 344. The maximum atomic E-state index is 13.0. The molecular formula is C12H18FNO2. The van der Waals surface area contributed by atoms with Crippen molar-refractivity contribution in [2.45, 2.75) is 19.6 Å². The third-order valence-electron chi connectivity index (χ3n) is 2.66. The summed E-state index contributed by atoms with van der Waals surface area (Å²) in [6, 6.07) is 4.59. The number of nitrogens with zero attached hydrogens (tertiary/aromatic N) is 1. The van der Waals surface area contributed by atoms with Crippen molar-refractivity contribution in [3.63, 3.8) is 0 Å². The van der Waals surface area contributed by atoms with Crippen LogP contribution in [-0.4, -0.2) is 31.9 Å². The van der Waals surface area contributed by atoms with E-state index in [9.17, 15) is 9.50 Å². The van der Waals surface area contributed by atoms with Gasteiger partial charge in [-0.25, -0.2) is 4.39 Å². The summed E-state index contributed by atoms with van der Waals surface area (Å²) in [6.45, 7) is 2.42. The Balaban J connectivity index is 2.93. The molecule has 1 atom stereocenters. The third kappa shape index (κ3) is 2.93. The SMILES string of the molecule is COCC(C)N(C)c1ccc(F)cc1CO. The second-order valence-electron chi connectivity index (χ2n) is 3.85. The number of hydrogen-bond donors (Lipinski definition) is 1. The van der Waals surface area contributed by atoms with E-state index in [1.165, 1.54) is 12.1 Å². The summed E-state index contributed by atoms with van der Waals surface area (Å²) in [6.07, 6.45) is 0. The molecule has 1 aromatic rings. The minimum absolute atomic E-state index is 0.167. The summed E-state index contributed by atoms with van der Waals surface area (Å²) in [7, 11) is 3.54. The molecule has 0 aliphatic rings. The zero-order valence-electron chi connectivity index (χ0n) is 9.90. The van der Waals surface area contributed by atoms with E-state index in [1.807, 2.05) is 18.9 Å². The molecule has 0 spiro atoms. The van der Waals surface area contributed by atoms with E-state index in [1.54, 1.807) is 13.2 Å². The zero-order valence-corrected chi connectivity index (χ0v) is 9.90. The zero-order chi connectivity index (χ0) is 12.1. The van der Waals surface area contributed by atoms with Gasteiger partial charge in [0.15, 0.2) is 0 Å². The predicted octanol–water partition coefficient (Wildman–Crippen LogP) is 1.79. The highest BCUT2D eigenvalue weighted by Gasteiger charge is 2.13. The number of aliphatic hydroxyl groups is 1. The van der Waals surface area contributed by atoms with Gasteiger partial charge in [0.2, 0.25) is 0 Å². The predicted molar refractivity (Wildman–Crippen MR) is 62.1 cm³/mol. The van der Waals surface area contributed by atoms with Gasteiger partial charge in [0.25, 0.3) is 0 Å². The summed E-state index contributed by atoms with van der Waals surface area (Å²) in [4.78, 5) is 1.97. The number of benzene rings is 1. The summed E-state index contributed by atoms with van der Waals surface area (Å²) < 4.78 is 18.1. The number of methoxy groups -OCH3 is 1. The first kappa shape index (κ1) is 12.9. The number of halogens is 1. The Labute approximate surface area is 95.5 Å². The van der Waals surface area contributed by atoms with Crippen LogP contribution in [0.25, 0.3) is 0 Å². The smallest absolute Gasteiger partial charge is 0.123 e. The first-order chi connectivity index (χ1) is 7.60. The maximum absolute atomic E-state index is 13.0. The van der Waals surface area contributed by atoms with Crippen LogP contribution in [0.5, 0.6) is 0 Å². The molecule has 0 heterocycles. The molecular weight excluding hydrogens is 209 g/mol. The maximum Gasteiger partial charge on any atom is 0.123 e. The van der Waals surface area contributed by atoms with Gasteiger partial charge in [0.05, 0.1) is 13.2 Å². The molecule has 4 heteroatoms. The molecule has 1 rings (SSSR count). The third-order valence-corrected chi connectivity index (χ3v) is 2.66. The minimum Gasteiger partial charge on any atom is -0.392 e. The number of aliphatic hydroxyl groups excluding tert-OH is 1. The van der Waals surface area contributed by atoms with Crippen LogP contribution in [0.2, 0.25) is 0 Å². The standard InChI is InChI=1S/C12H18FNO2/c1-9(8-16-3)14(2)12-5-4-11(13)6-10(12)7-15/h4-6,9,15H,7-8H2,1-3H3. The van der Waals surface area contributed by atoms with Crippen molar-refractivity contribution >= 4 is 5.69 Å². The quantitative estimate of drug-likeness (QED) is 0.832. The van der Waals surface area contributed by atoms with Gasteiger partial charge in [-0.3, -0.25) is 0 Å². The van der Waals surface area contributed by atoms with Crippen LogP contribution < -0.4 is 4.90 Å². The first-order valence-corrected chi connectivity index (χ1v) is 5.21. The lowest BCUT2D eigenvalue weighted by Crippen LogP contribution is -2.33. The van der Waals surface area contributed by atoms with E-state index >= 15 is 0 Å². The summed E-state index contributed by atoms with van der Waals surface area (Å²) in [5.74, 6) is -0.333. The normalized spacial score (nSPS) is 12.6. The largest absolute Gasteiger partial charge is 0.392 e. The van der Waals surface area contributed by atoms with Crippen molar-refractivity contribution in [1.82, 2.24) is 0 Å². The Hall–Kier alpha value is -1.13. The molecule has 1 unspecified atom stereocenters. The molecule has 90 valence electrons. The van der Waals surface area contributed by atoms with Crippen LogP contribution in [0.3, 0.4) is 0 Å². The number of ether oxygens (including phenoxy) is 1. The topological polar surface area (TPSA) is 32.7 Å². The molecule has 0 bridgehead atoms. The Morgan fingerprint density at radius 3 is 2.75 bits per heavy atom. The molecule has 1 N–H and O–H groups in total. The van der Waals surface area contributed by atoms with Crippen LogP contribution in [-0.2, 0) is 11.3 Å². The highest BCUT2D eigenvalue weighted by atomic mass is 19.1. The van der Waals surface area contributed by atoms with Gasteiger partial charge in [0.1, 0.15) is 5.82 Å². The van der Waals surface area contributed by atoms with Crippen molar-refractivity contribution < 1.29 is 14.2 Å². The molecule has 0 amide bonds. The number of anilines is 1. The van der Waals surface area contributed by atoms with E-state index in [-0.39, 0.29) is 18.5 Å². The fourth-order valence-corrected chi connectivity index (χ4v) is 1.62. The number of hydrogen-bond acceptors (Lipinski definition) is 3. The van der Waals surface area contributed by atoms with Crippen molar-refractivity contribution in [3.8, 4) is 0 Å². The first-order valence-electron chi connectivity index (χ1n) is 5.21. The van der Waals surface area contributed by atoms with Gasteiger partial charge in [-0.2, -0.15) is 0 Å². The van der Waals surface area contributed by atoms with E-state index in [0.717, 1.165) is 5.69 Å². The van der Waals surface area contributed by atoms with Crippen LogP contribution in [0.4, 0.5) is 10.1 Å². The van der Waals surface area contributed by atoms with Gasteiger partial charge in [0, 0.05) is 31.5 Å². The Morgan fingerprint density at radius 2 is 2.19 bits per heavy atom. The average molecular weight is 227 g/mol. The molecule has 0 aliphatic heterocycles. The molecule has 1 aromatic carbocycles. The Morgan fingerprint density at radius 1 is 1.50 bits per heavy atom. The summed E-state index contributed by atoms with van der Waals surface area (Å²) in [5, 5.41) is 9.18. The van der Waals surface area contributed by atoms with Gasteiger partial charge in [-0.1, -0.05) is 0 Å². The highest BCUT2D eigenvalue weighted by Crippen LogP contribution is 2.22. The van der Waals surface area contributed by atoms with Crippen molar-refractivity contribution in [3.05, 3.63) is 29.6 Å². The molecule has 16 heavy (non-hydrogen) atoms. The van der Waals surface area contributed by atoms with E-state index in [0.29, 0.717) is 12.2 Å². The van der Waals surface area contributed by atoms with Crippen molar-refractivity contribution in [2.75, 3.05) is 25.7 Å². The lowest BCUT2D eigenvalue weighted by molar-refractivity contribution is 0.183. The monoisotopic (exact) mass is 227 g/mol. The summed E-state index contributed by atoms with van der Waals surface area (Å²) in [5.41, 5.74) is 1.42. The highest BCUT2D eigenvalue weighted by molar-refractivity contribution is 5.53. The fraction of sp³-hybridized carbons (Fsp3) is 0.500. The van der Waals surface area contributed by atoms with E-state index in [4.69, 9.17) is 4.74 Å². The van der Waals surface area contributed by atoms with E-state index < -0.39 is 0 Å². The number of likely N-dealkylation sites (N-methyl/N-ethyl adjacent to an activating group) is 1. The van der Waals surface area contributed by atoms with Crippen molar-refractivity contribution in [2.24, 2.45) is 0 Å². The van der Waals surface area contributed by atoms with Gasteiger partial charge < -0.3 is 14.7 Å². The molecule has 0 fully saturated rings. The molecule has 0 aliphatic carbocycles. The second-order valence-corrected chi connectivity index (χ2v) is 3.85. The van der Waals surface area contributed by atoms with Crippen LogP contribution in [0.15, 0.2) is 18.2 Å². The second kappa shape index (κ2) is 5.82. The van der Waals surface area contributed by atoms with Crippen molar-refractivity contribution in [1.29, 1.82) is 0 Å². The van der Waals surface area contributed by atoms with Gasteiger partial charge in [-0.15, -0.1) is 0 Å². The Kier molecular flexibility index (Phi) is 4.71. The van der Waals surface area contributed by atoms with Crippen LogP contribution in [0, 0.1) is 5.82 Å². The van der Waals surface area contributed by atoms with Gasteiger partial charge >= 0.3 is 0 Å². The van der Waals surface area contributed by atoms with Crippen LogP contribution >= 0.6 is 0 Å². The molecule has 0 radical (unpaired) electrons. The molecule has 0 saturated heterocycles. The van der Waals surface area contributed by atoms with Gasteiger partial charge in [-0.05, 0) is 25.1 Å². The molecule has 0 aromatic heterocycles. The fourth-order valence-electron chi connectivity index (χ4n) is 1.62. The lowest BCUT2D eigenvalue weighted by Gasteiger charge is -2.28. The molecule has 3 nitrogen and oxygen atoms in total.